The summed E-state index contributed by atoms with van der Waals surface area (Å²) in [5.41, 5.74) is 0.733. The van der Waals surface area contributed by atoms with Gasteiger partial charge in [-0.3, -0.25) is 14.4 Å². The molecule has 2 amide bonds. The number of benzene rings is 1. The molecule has 3 unspecified atom stereocenters. The van der Waals surface area contributed by atoms with Crippen molar-refractivity contribution < 1.29 is 19.1 Å². The molecule has 1 saturated heterocycles. The van der Waals surface area contributed by atoms with Crippen LogP contribution in [0, 0.1) is 5.92 Å². The lowest BCUT2D eigenvalue weighted by molar-refractivity contribution is -0.131. The Balaban J connectivity index is 1.73. The molecule has 3 rings (SSSR count). The average molecular weight is 415 g/mol. The van der Waals surface area contributed by atoms with E-state index in [0.717, 1.165) is 18.4 Å². The SMILES string of the molecule is CC(C)CC(NC(=O)c1ccc(C(C)(C)C)cc1)C(=O)NC12CCCC1OCC2=O. The number of nitrogens with one attached hydrogen (secondary N) is 2. The van der Waals surface area contributed by atoms with Crippen LogP contribution in [-0.2, 0) is 19.7 Å². The molecule has 6 nitrogen and oxygen atoms in total. The Kier molecular flexibility index (Phi) is 6.37. The minimum absolute atomic E-state index is 0.00207. The van der Waals surface area contributed by atoms with Gasteiger partial charge in [-0.2, -0.15) is 0 Å². The van der Waals surface area contributed by atoms with Crippen LogP contribution < -0.4 is 10.6 Å². The molecular formula is C24H34N2O4. The van der Waals surface area contributed by atoms with Gasteiger partial charge in [0.05, 0.1) is 6.10 Å². The number of rotatable bonds is 6. The van der Waals surface area contributed by atoms with Crippen molar-refractivity contribution >= 4 is 17.6 Å². The van der Waals surface area contributed by atoms with E-state index in [1.165, 1.54) is 0 Å². The van der Waals surface area contributed by atoms with Gasteiger partial charge in [-0.15, -0.1) is 0 Å². The van der Waals surface area contributed by atoms with Gasteiger partial charge in [0.2, 0.25) is 5.91 Å². The van der Waals surface area contributed by atoms with E-state index in [1.807, 2.05) is 26.0 Å². The van der Waals surface area contributed by atoms with Crippen molar-refractivity contribution in [2.45, 2.75) is 83.4 Å². The summed E-state index contributed by atoms with van der Waals surface area (Å²) in [4.78, 5) is 38.5. The number of Topliss-reactive ketones (excluding diaryl/α,β-unsaturated/α-hetero) is 1. The second kappa shape index (κ2) is 8.50. The van der Waals surface area contributed by atoms with E-state index < -0.39 is 11.6 Å². The number of carbonyl (C=O) groups excluding carboxylic acids is 3. The van der Waals surface area contributed by atoms with E-state index in [2.05, 4.69) is 31.4 Å². The van der Waals surface area contributed by atoms with Crippen molar-refractivity contribution in [1.82, 2.24) is 10.6 Å². The number of ether oxygens (including phenoxy) is 1. The molecule has 1 heterocycles. The maximum atomic E-state index is 13.1. The van der Waals surface area contributed by atoms with E-state index >= 15 is 0 Å². The molecule has 0 spiro atoms. The van der Waals surface area contributed by atoms with E-state index in [0.29, 0.717) is 18.4 Å². The summed E-state index contributed by atoms with van der Waals surface area (Å²) in [5, 5.41) is 5.85. The smallest absolute Gasteiger partial charge is 0.251 e. The van der Waals surface area contributed by atoms with Crippen LogP contribution in [0.5, 0.6) is 0 Å². The molecule has 1 saturated carbocycles. The maximum Gasteiger partial charge on any atom is 0.251 e. The first-order chi connectivity index (χ1) is 14.0. The molecule has 1 aromatic carbocycles. The Hall–Kier alpha value is -2.21. The lowest BCUT2D eigenvalue weighted by Gasteiger charge is -2.30. The van der Waals surface area contributed by atoms with Crippen LogP contribution >= 0.6 is 0 Å². The summed E-state index contributed by atoms with van der Waals surface area (Å²) >= 11 is 0. The van der Waals surface area contributed by atoms with E-state index in [1.54, 1.807) is 12.1 Å². The molecule has 164 valence electrons. The van der Waals surface area contributed by atoms with Gasteiger partial charge in [0.1, 0.15) is 18.2 Å². The topological polar surface area (TPSA) is 84.5 Å². The molecule has 1 aliphatic heterocycles. The lowest BCUT2D eigenvalue weighted by Crippen LogP contribution is -2.60. The van der Waals surface area contributed by atoms with Gasteiger partial charge in [0, 0.05) is 5.56 Å². The molecule has 3 atom stereocenters. The van der Waals surface area contributed by atoms with Crippen LogP contribution in [0.15, 0.2) is 24.3 Å². The fourth-order valence-electron chi connectivity index (χ4n) is 4.41. The van der Waals surface area contributed by atoms with Gasteiger partial charge in [0.25, 0.3) is 5.91 Å². The Morgan fingerprint density at radius 1 is 1.20 bits per heavy atom. The summed E-state index contributed by atoms with van der Waals surface area (Å²) in [5.74, 6) is -0.456. The molecule has 2 aliphatic rings. The number of carbonyl (C=O) groups is 3. The van der Waals surface area contributed by atoms with E-state index in [-0.39, 0.29) is 41.6 Å². The number of fused-ring (bicyclic) bond motifs is 1. The molecule has 30 heavy (non-hydrogen) atoms. The quantitative estimate of drug-likeness (QED) is 0.749. The second-order valence-electron chi connectivity index (χ2n) is 10.1. The Morgan fingerprint density at radius 3 is 2.47 bits per heavy atom. The molecule has 0 radical (unpaired) electrons. The standard InChI is InChI=1S/C24H34N2O4/c1-15(2)13-18(22(29)26-24-12-6-7-20(24)30-14-19(24)27)25-21(28)16-8-10-17(11-9-16)23(3,4)5/h8-11,15,18,20H,6-7,12-14H2,1-5H3,(H,25,28)(H,26,29). The predicted molar refractivity (Wildman–Crippen MR) is 115 cm³/mol. The van der Waals surface area contributed by atoms with Gasteiger partial charge in [-0.1, -0.05) is 46.8 Å². The van der Waals surface area contributed by atoms with Crippen LogP contribution in [0.25, 0.3) is 0 Å². The average Bonchev–Trinajstić information content (AvgIpc) is 3.20. The zero-order valence-corrected chi connectivity index (χ0v) is 18.7. The Labute approximate surface area is 179 Å². The molecule has 1 aromatic rings. The molecule has 6 heteroatoms. The number of amides is 2. The summed E-state index contributed by atoms with van der Waals surface area (Å²) in [7, 11) is 0. The first-order valence-corrected chi connectivity index (χ1v) is 10.9. The highest BCUT2D eigenvalue weighted by atomic mass is 16.5. The highest BCUT2D eigenvalue weighted by Gasteiger charge is 2.55. The van der Waals surface area contributed by atoms with E-state index in [9.17, 15) is 14.4 Å². The van der Waals surface area contributed by atoms with Gasteiger partial charge >= 0.3 is 0 Å². The van der Waals surface area contributed by atoms with Gasteiger partial charge in [-0.25, -0.2) is 0 Å². The highest BCUT2D eigenvalue weighted by Crippen LogP contribution is 2.38. The maximum absolute atomic E-state index is 13.1. The largest absolute Gasteiger partial charge is 0.367 e. The molecule has 2 N–H and O–H groups in total. The third-order valence-electron chi connectivity index (χ3n) is 6.19. The van der Waals surface area contributed by atoms with Crippen molar-refractivity contribution in [3.05, 3.63) is 35.4 Å². The minimum Gasteiger partial charge on any atom is -0.367 e. The van der Waals surface area contributed by atoms with Gasteiger partial charge in [-0.05, 0) is 54.7 Å². The zero-order chi connectivity index (χ0) is 22.1. The van der Waals surface area contributed by atoms with Crippen molar-refractivity contribution in [2.24, 2.45) is 5.92 Å². The van der Waals surface area contributed by atoms with Crippen molar-refractivity contribution in [3.8, 4) is 0 Å². The van der Waals surface area contributed by atoms with Crippen molar-refractivity contribution in [3.63, 3.8) is 0 Å². The molecule has 0 bridgehead atoms. The highest BCUT2D eigenvalue weighted by molar-refractivity contribution is 6.00. The Bertz CT molecular complexity index is 809. The van der Waals surface area contributed by atoms with Crippen LogP contribution in [0.3, 0.4) is 0 Å². The van der Waals surface area contributed by atoms with E-state index in [4.69, 9.17) is 4.74 Å². The third-order valence-corrected chi connectivity index (χ3v) is 6.19. The summed E-state index contributed by atoms with van der Waals surface area (Å²) in [6.07, 6.45) is 2.45. The second-order valence-corrected chi connectivity index (χ2v) is 10.1. The summed E-state index contributed by atoms with van der Waals surface area (Å²) < 4.78 is 5.59. The van der Waals surface area contributed by atoms with Crippen molar-refractivity contribution in [2.75, 3.05) is 6.61 Å². The fourth-order valence-corrected chi connectivity index (χ4v) is 4.41. The first-order valence-electron chi connectivity index (χ1n) is 10.9. The zero-order valence-electron chi connectivity index (χ0n) is 18.7. The van der Waals surface area contributed by atoms with Crippen molar-refractivity contribution in [1.29, 1.82) is 0 Å². The number of hydrogen-bond acceptors (Lipinski definition) is 4. The predicted octanol–water partition coefficient (Wildman–Crippen LogP) is 3.14. The monoisotopic (exact) mass is 414 g/mol. The first kappa shape index (κ1) is 22.5. The normalized spacial score (nSPS) is 24.6. The van der Waals surface area contributed by atoms with Crippen LogP contribution in [-0.4, -0.2) is 41.9 Å². The Morgan fingerprint density at radius 2 is 1.87 bits per heavy atom. The lowest BCUT2D eigenvalue weighted by atomic mass is 9.86. The number of hydrogen-bond donors (Lipinski definition) is 2. The van der Waals surface area contributed by atoms with Gasteiger partial charge < -0.3 is 15.4 Å². The molecular weight excluding hydrogens is 380 g/mol. The molecule has 2 fully saturated rings. The van der Waals surface area contributed by atoms with Gasteiger partial charge in [0.15, 0.2) is 5.78 Å². The molecule has 1 aliphatic carbocycles. The fraction of sp³-hybridized carbons (Fsp3) is 0.625. The third kappa shape index (κ3) is 4.59. The van der Waals surface area contributed by atoms with Crippen LogP contribution in [0.2, 0.25) is 0 Å². The number of ketones is 1. The summed E-state index contributed by atoms with van der Waals surface area (Å²) in [6, 6.07) is 6.77. The molecule has 0 aromatic heterocycles. The summed E-state index contributed by atoms with van der Waals surface area (Å²) in [6.45, 7) is 10.4. The minimum atomic E-state index is -0.925. The van der Waals surface area contributed by atoms with Crippen LogP contribution in [0.4, 0.5) is 0 Å². The van der Waals surface area contributed by atoms with Crippen LogP contribution in [0.1, 0.15) is 76.2 Å².